The van der Waals surface area contributed by atoms with E-state index in [0.717, 1.165) is 24.2 Å². The van der Waals surface area contributed by atoms with Crippen molar-refractivity contribution in [3.05, 3.63) is 53.5 Å². The molecule has 0 spiro atoms. The quantitative estimate of drug-likeness (QED) is 0.894. The Bertz CT molecular complexity index is 558. The van der Waals surface area contributed by atoms with E-state index in [1.807, 2.05) is 19.1 Å². The van der Waals surface area contributed by atoms with Gasteiger partial charge in [0, 0.05) is 24.9 Å². The van der Waals surface area contributed by atoms with E-state index in [2.05, 4.69) is 17.2 Å². The number of nitrogens with one attached hydrogen (secondary N) is 1. The molecule has 0 radical (unpaired) electrons. The fourth-order valence-electron chi connectivity index (χ4n) is 1.68. The molecule has 0 fully saturated rings. The molecule has 0 unspecified atom stereocenters. The standard InChI is InChI=1S/C15H17FN2O/c1-3-17-10-12-6-7-18-15(8-12)19-14-9-13(16)5-4-11(14)2/h4-9,17H,3,10H2,1-2H3. The van der Waals surface area contributed by atoms with E-state index in [0.29, 0.717) is 11.6 Å². The van der Waals surface area contributed by atoms with Crippen LogP contribution in [0.2, 0.25) is 0 Å². The maximum absolute atomic E-state index is 13.2. The summed E-state index contributed by atoms with van der Waals surface area (Å²) in [6.45, 7) is 5.59. The molecule has 2 rings (SSSR count). The molecule has 3 nitrogen and oxygen atoms in total. The number of benzene rings is 1. The first-order valence-electron chi connectivity index (χ1n) is 6.28. The summed E-state index contributed by atoms with van der Waals surface area (Å²) in [5.74, 6) is 0.654. The third-order valence-corrected chi connectivity index (χ3v) is 2.74. The van der Waals surface area contributed by atoms with Crippen LogP contribution in [0.5, 0.6) is 11.6 Å². The Labute approximate surface area is 112 Å². The van der Waals surface area contributed by atoms with Gasteiger partial charge in [0.25, 0.3) is 0 Å². The Morgan fingerprint density at radius 1 is 1.26 bits per heavy atom. The maximum Gasteiger partial charge on any atom is 0.219 e. The first kappa shape index (κ1) is 13.5. The highest BCUT2D eigenvalue weighted by Gasteiger charge is 2.05. The highest BCUT2D eigenvalue weighted by atomic mass is 19.1. The van der Waals surface area contributed by atoms with Gasteiger partial charge in [-0.3, -0.25) is 0 Å². The topological polar surface area (TPSA) is 34.2 Å². The van der Waals surface area contributed by atoms with Gasteiger partial charge in [0.15, 0.2) is 0 Å². The van der Waals surface area contributed by atoms with Gasteiger partial charge in [0.05, 0.1) is 0 Å². The SMILES string of the molecule is CCNCc1ccnc(Oc2cc(F)ccc2C)c1. The lowest BCUT2D eigenvalue weighted by Gasteiger charge is -2.09. The van der Waals surface area contributed by atoms with Crippen LogP contribution in [0.25, 0.3) is 0 Å². The number of hydrogen-bond acceptors (Lipinski definition) is 3. The van der Waals surface area contributed by atoms with Gasteiger partial charge in [-0.25, -0.2) is 9.37 Å². The molecule has 2 aromatic rings. The van der Waals surface area contributed by atoms with Crippen LogP contribution >= 0.6 is 0 Å². The third-order valence-electron chi connectivity index (χ3n) is 2.74. The Morgan fingerprint density at radius 2 is 2.11 bits per heavy atom. The van der Waals surface area contributed by atoms with E-state index >= 15 is 0 Å². The molecule has 0 atom stereocenters. The lowest BCUT2D eigenvalue weighted by Crippen LogP contribution is -2.11. The summed E-state index contributed by atoms with van der Waals surface area (Å²) in [5.41, 5.74) is 1.96. The Balaban J connectivity index is 2.16. The average molecular weight is 260 g/mol. The molecule has 0 amide bonds. The van der Waals surface area contributed by atoms with Crippen LogP contribution < -0.4 is 10.1 Å². The third kappa shape index (κ3) is 3.76. The number of ether oxygens (including phenoxy) is 1. The summed E-state index contributed by atoms with van der Waals surface area (Å²) in [7, 11) is 0. The first-order valence-corrected chi connectivity index (χ1v) is 6.28. The minimum atomic E-state index is -0.315. The predicted octanol–water partition coefficient (Wildman–Crippen LogP) is 3.43. The summed E-state index contributed by atoms with van der Waals surface area (Å²) in [6, 6.07) is 8.25. The number of rotatable bonds is 5. The van der Waals surface area contributed by atoms with Crippen molar-refractivity contribution in [2.45, 2.75) is 20.4 Å². The van der Waals surface area contributed by atoms with Crippen molar-refractivity contribution in [3.63, 3.8) is 0 Å². The molecule has 0 aliphatic rings. The van der Waals surface area contributed by atoms with E-state index in [9.17, 15) is 4.39 Å². The van der Waals surface area contributed by atoms with Gasteiger partial charge in [-0.05, 0) is 36.7 Å². The highest BCUT2D eigenvalue weighted by Crippen LogP contribution is 2.24. The van der Waals surface area contributed by atoms with Gasteiger partial charge in [0.2, 0.25) is 5.88 Å². The second-order valence-corrected chi connectivity index (χ2v) is 4.29. The summed E-state index contributed by atoms with van der Waals surface area (Å²) in [6.07, 6.45) is 1.69. The fraction of sp³-hybridized carbons (Fsp3) is 0.267. The molecule has 1 heterocycles. The fourth-order valence-corrected chi connectivity index (χ4v) is 1.68. The van der Waals surface area contributed by atoms with Gasteiger partial charge in [-0.2, -0.15) is 0 Å². The van der Waals surface area contributed by atoms with Crippen LogP contribution in [-0.4, -0.2) is 11.5 Å². The van der Waals surface area contributed by atoms with Gasteiger partial charge in [-0.15, -0.1) is 0 Å². The zero-order valence-electron chi connectivity index (χ0n) is 11.1. The summed E-state index contributed by atoms with van der Waals surface area (Å²) < 4.78 is 18.8. The number of nitrogens with zero attached hydrogens (tertiary/aromatic N) is 1. The molecule has 1 aromatic heterocycles. The number of aryl methyl sites for hydroxylation is 1. The van der Waals surface area contributed by atoms with E-state index < -0.39 is 0 Å². The molecule has 0 bridgehead atoms. The van der Waals surface area contributed by atoms with E-state index in [1.54, 1.807) is 12.3 Å². The summed E-state index contributed by atoms with van der Waals surface area (Å²) in [5, 5.41) is 3.23. The van der Waals surface area contributed by atoms with Gasteiger partial charge in [-0.1, -0.05) is 13.0 Å². The Hall–Kier alpha value is -1.94. The molecule has 19 heavy (non-hydrogen) atoms. The normalized spacial score (nSPS) is 10.5. The maximum atomic E-state index is 13.2. The number of hydrogen-bond donors (Lipinski definition) is 1. The van der Waals surface area contributed by atoms with Crippen molar-refractivity contribution in [1.29, 1.82) is 0 Å². The van der Waals surface area contributed by atoms with Crippen LogP contribution in [0.4, 0.5) is 4.39 Å². The van der Waals surface area contributed by atoms with Crippen molar-refractivity contribution in [2.24, 2.45) is 0 Å². The van der Waals surface area contributed by atoms with Crippen LogP contribution in [-0.2, 0) is 6.54 Å². The molecular formula is C15H17FN2O. The number of halogens is 1. The number of pyridine rings is 1. The molecule has 0 aliphatic heterocycles. The lowest BCUT2D eigenvalue weighted by atomic mass is 10.2. The number of aromatic nitrogens is 1. The largest absolute Gasteiger partial charge is 0.439 e. The second kappa shape index (κ2) is 6.29. The lowest BCUT2D eigenvalue weighted by molar-refractivity contribution is 0.453. The van der Waals surface area contributed by atoms with Gasteiger partial charge < -0.3 is 10.1 Å². The molecule has 0 saturated heterocycles. The first-order chi connectivity index (χ1) is 9.19. The van der Waals surface area contributed by atoms with Gasteiger partial charge >= 0.3 is 0 Å². The zero-order chi connectivity index (χ0) is 13.7. The van der Waals surface area contributed by atoms with Crippen LogP contribution in [0, 0.1) is 12.7 Å². The Morgan fingerprint density at radius 3 is 2.89 bits per heavy atom. The summed E-state index contributed by atoms with van der Waals surface area (Å²) in [4.78, 5) is 4.14. The van der Waals surface area contributed by atoms with Crippen LogP contribution in [0.15, 0.2) is 36.5 Å². The average Bonchev–Trinajstić information content (AvgIpc) is 2.41. The van der Waals surface area contributed by atoms with Crippen LogP contribution in [0.1, 0.15) is 18.1 Å². The van der Waals surface area contributed by atoms with Crippen molar-refractivity contribution in [3.8, 4) is 11.6 Å². The molecule has 0 aliphatic carbocycles. The second-order valence-electron chi connectivity index (χ2n) is 4.29. The van der Waals surface area contributed by atoms with Crippen molar-refractivity contribution in [1.82, 2.24) is 10.3 Å². The minimum Gasteiger partial charge on any atom is -0.439 e. The molecule has 4 heteroatoms. The van der Waals surface area contributed by atoms with E-state index in [4.69, 9.17) is 4.74 Å². The molecule has 1 N–H and O–H groups in total. The minimum absolute atomic E-state index is 0.315. The zero-order valence-corrected chi connectivity index (χ0v) is 11.1. The van der Waals surface area contributed by atoms with Crippen LogP contribution in [0.3, 0.4) is 0 Å². The van der Waals surface area contributed by atoms with E-state index in [-0.39, 0.29) is 5.82 Å². The van der Waals surface area contributed by atoms with Gasteiger partial charge in [0.1, 0.15) is 11.6 Å². The monoisotopic (exact) mass is 260 g/mol. The smallest absolute Gasteiger partial charge is 0.219 e. The molecule has 0 saturated carbocycles. The predicted molar refractivity (Wildman–Crippen MR) is 72.8 cm³/mol. The highest BCUT2D eigenvalue weighted by molar-refractivity contribution is 5.36. The van der Waals surface area contributed by atoms with Crippen molar-refractivity contribution in [2.75, 3.05) is 6.54 Å². The molecular weight excluding hydrogens is 243 g/mol. The summed E-state index contributed by atoms with van der Waals surface area (Å²) >= 11 is 0. The van der Waals surface area contributed by atoms with E-state index in [1.165, 1.54) is 12.1 Å². The Kier molecular flexibility index (Phi) is 4.47. The van der Waals surface area contributed by atoms with Crippen molar-refractivity contribution >= 4 is 0 Å². The molecule has 100 valence electrons. The molecule has 1 aromatic carbocycles. The van der Waals surface area contributed by atoms with Crippen molar-refractivity contribution < 1.29 is 9.13 Å².